The highest BCUT2D eigenvalue weighted by atomic mass is 16.5. The number of ether oxygens (including phenoxy) is 1. The van der Waals surface area contributed by atoms with Crippen molar-refractivity contribution in [3.8, 4) is 5.75 Å². The third-order valence-electron chi connectivity index (χ3n) is 3.44. The number of aryl methyl sites for hydroxylation is 1. The van der Waals surface area contributed by atoms with E-state index in [1.165, 1.54) is 11.9 Å². The van der Waals surface area contributed by atoms with Crippen molar-refractivity contribution in [3.63, 3.8) is 0 Å². The van der Waals surface area contributed by atoms with Crippen molar-refractivity contribution in [1.82, 2.24) is 19.6 Å². The summed E-state index contributed by atoms with van der Waals surface area (Å²) in [7, 11) is 2.03. The van der Waals surface area contributed by atoms with Gasteiger partial charge in [0, 0.05) is 25.4 Å². The van der Waals surface area contributed by atoms with Gasteiger partial charge in [0.05, 0.1) is 6.10 Å². The highest BCUT2D eigenvalue weighted by Crippen LogP contribution is 2.20. The average molecular weight is 311 g/mol. The Bertz CT molecular complexity index is 812. The summed E-state index contributed by atoms with van der Waals surface area (Å²) in [5, 5.41) is 4.26. The van der Waals surface area contributed by atoms with Crippen LogP contribution in [-0.4, -0.2) is 32.7 Å². The van der Waals surface area contributed by atoms with Gasteiger partial charge in [0.25, 0.3) is 5.78 Å². The van der Waals surface area contributed by atoms with Crippen molar-refractivity contribution in [2.24, 2.45) is 0 Å². The van der Waals surface area contributed by atoms with Crippen LogP contribution in [0.15, 0.2) is 36.7 Å². The molecule has 0 atom stereocenters. The summed E-state index contributed by atoms with van der Waals surface area (Å²) in [5.74, 6) is 2.46. The van der Waals surface area contributed by atoms with Crippen molar-refractivity contribution in [3.05, 3.63) is 47.9 Å². The van der Waals surface area contributed by atoms with Crippen LogP contribution in [0.3, 0.4) is 0 Å². The van der Waals surface area contributed by atoms with Crippen LogP contribution in [0.25, 0.3) is 5.78 Å². The first kappa shape index (κ1) is 15.3. The van der Waals surface area contributed by atoms with Crippen LogP contribution in [0.4, 0.5) is 5.82 Å². The van der Waals surface area contributed by atoms with Crippen LogP contribution in [0.2, 0.25) is 0 Å². The fourth-order valence-corrected chi connectivity index (χ4v) is 2.53. The van der Waals surface area contributed by atoms with Crippen LogP contribution in [0, 0.1) is 6.92 Å². The molecular weight excluding hydrogens is 290 g/mol. The van der Waals surface area contributed by atoms with E-state index in [0.29, 0.717) is 5.78 Å². The minimum Gasteiger partial charge on any atom is -0.491 e. The quantitative estimate of drug-likeness (QED) is 0.725. The molecule has 0 bridgehead atoms. The van der Waals surface area contributed by atoms with Crippen molar-refractivity contribution in [1.29, 1.82) is 0 Å². The Morgan fingerprint density at radius 1 is 1.26 bits per heavy atom. The second-order valence-corrected chi connectivity index (χ2v) is 5.90. The number of anilines is 1. The molecule has 3 aromatic rings. The maximum atomic E-state index is 5.76. The smallest absolute Gasteiger partial charge is 0.254 e. The number of fused-ring (bicyclic) bond motifs is 1. The molecule has 0 saturated heterocycles. The minimum atomic E-state index is 0.167. The van der Waals surface area contributed by atoms with E-state index >= 15 is 0 Å². The first-order valence-electron chi connectivity index (χ1n) is 7.67. The van der Waals surface area contributed by atoms with E-state index in [1.54, 1.807) is 4.52 Å². The molecule has 6 heteroatoms. The number of benzene rings is 1. The molecule has 0 aliphatic heterocycles. The zero-order valence-electron chi connectivity index (χ0n) is 13.9. The Morgan fingerprint density at radius 2 is 2.09 bits per heavy atom. The monoisotopic (exact) mass is 311 g/mol. The molecule has 0 spiro atoms. The lowest BCUT2D eigenvalue weighted by Crippen LogP contribution is -2.20. The fraction of sp³-hybridized carbons (Fsp3) is 0.353. The van der Waals surface area contributed by atoms with Crippen LogP contribution < -0.4 is 9.64 Å². The number of nitrogens with zero attached hydrogens (tertiary/aromatic N) is 5. The van der Waals surface area contributed by atoms with Crippen molar-refractivity contribution in [2.45, 2.75) is 33.4 Å². The third kappa shape index (κ3) is 3.41. The van der Waals surface area contributed by atoms with Gasteiger partial charge in [0.1, 0.15) is 17.9 Å². The van der Waals surface area contributed by atoms with Crippen molar-refractivity contribution < 1.29 is 4.74 Å². The first-order valence-corrected chi connectivity index (χ1v) is 7.67. The molecule has 0 saturated carbocycles. The highest BCUT2D eigenvalue weighted by molar-refractivity contribution is 5.47. The van der Waals surface area contributed by atoms with Gasteiger partial charge in [-0.05, 0) is 38.5 Å². The number of aromatic nitrogens is 4. The summed E-state index contributed by atoms with van der Waals surface area (Å²) >= 11 is 0. The molecule has 3 rings (SSSR count). The molecular formula is C17H21N5O. The molecule has 6 nitrogen and oxygen atoms in total. The van der Waals surface area contributed by atoms with Gasteiger partial charge in [0.2, 0.25) is 0 Å². The molecule has 23 heavy (non-hydrogen) atoms. The van der Waals surface area contributed by atoms with Gasteiger partial charge in [-0.15, -0.1) is 0 Å². The second-order valence-electron chi connectivity index (χ2n) is 5.90. The van der Waals surface area contributed by atoms with E-state index in [1.807, 2.05) is 46.0 Å². The highest BCUT2D eigenvalue weighted by Gasteiger charge is 2.11. The summed E-state index contributed by atoms with van der Waals surface area (Å²) in [4.78, 5) is 10.7. The van der Waals surface area contributed by atoms with Gasteiger partial charge in [-0.3, -0.25) is 0 Å². The lowest BCUT2D eigenvalue weighted by atomic mass is 10.2. The summed E-state index contributed by atoms with van der Waals surface area (Å²) in [5.41, 5.74) is 2.10. The predicted octanol–water partition coefficient (Wildman–Crippen LogP) is 2.86. The van der Waals surface area contributed by atoms with Crippen LogP contribution in [0.5, 0.6) is 5.75 Å². The Labute approximate surface area is 135 Å². The van der Waals surface area contributed by atoms with Gasteiger partial charge in [-0.1, -0.05) is 12.1 Å². The summed E-state index contributed by atoms with van der Waals surface area (Å²) in [6, 6.07) is 10.2. The summed E-state index contributed by atoms with van der Waals surface area (Å²) < 4.78 is 7.51. The topological polar surface area (TPSA) is 55.6 Å². The number of hydrogen-bond donors (Lipinski definition) is 0. The Balaban J connectivity index is 1.86. The normalized spacial score (nSPS) is 11.2. The van der Waals surface area contributed by atoms with Crippen molar-refractivity contribution >= 4 is 11.6 Å². The van der Waals surface area contributed by atoms with E-state index < -0.39 is 0 Å². The predicted molar refractivity (Wildman–Crippen MR) is 89.8 cm³/mol. The standard InChI is InChI=1S/C17H21N5O/c1-12(2)23-15-7-5-6-14(9-15)10-21(4)16-8-13(3)20-17-18-11-19-22(16)17/h5-9,11-12H,10H2,1-4H3. The number of rotatable bonds is 5. The molecule has 0 aliphatic rings. The molecule has 120 valence electrons. The SMILES string of the molecule is Cc1cc(N(C)Cc2cccc(OC(C)C)c2)n2ncnc2n1. The fourth-order valence-electron chi connectivity index (χ4n) is 2.53. The Morgan fingerprint density at radius 3 is 2.87 bits per heavy atom. The lowest BCUT2D eigenvalue weighted by molar-refractivity contribution is 0.242. The van der Waals surface area contributed by atoms with Gasteiger partial charge < -0.3 is 9.64 Å². The minimum absolute atomic E-state index is 0.167. The van der Waals surface area contributed by atoms with Crippen LogP contribution >= 0.6 is 0 Å². The molecule has 1 aromatic carbocycles. The molecule has 0 fully saturated rings. The maximum Gasteiger partial charge on any atom is 0.254 e. The lowest BCUT2D eigenvalue weighted by Gasteiger charge is -2.20. The zero-order valence-corrected chi connectivity index (χ0v) is 13.9. The molecule has 0 aliphatic carbocycles. The third-order valence-corrected chi connectivity index (χ3v) is 3.44. The van der Waals surface area contributed by atoms with Crippen LogP contribution in [0.1, 0.15) is 25.1 Å². The molecule has 2 heterocycles. The van der Waals surface area contributed by atoms with Gasteiger partial charge in [0.15, 0.2) is 0 Å². The largest absolute Gasteiger partial charge is 0.491 e. The zero-order chi connectivity index (χ0) is 16.4. The van der Waals surface area contributed by atoms with Gasteiger partial charge >= 0.3 is 0 Å². The van der Waals surface area contributed by atoms with Gasteiger partial charge in [-0.2, -0.15) is 14.6 Å². The Hall–Kier alpha value is -2.63. The first-order chi connectivity index (χ1) is 11.0. The average Bonchev–Trinajstić information content (AvgIpc) is 2.94. The molecule has 0 unspecified atom stereocenters. The van der Waals surface area contributed by atoms with E-state index in [9.17, 15) is 0 Å². The summed E-state index contributed by atoms with van der Waals surface area (Å²) in [6.07, 6.45) is 1.69. The van der Waals surface area contributed by atoms with E-state index in [-0.39, 0.29) is 6.10 Å². The van der Waals surface area contributed by atoms with Crippen LogP contribution in [-0.2, 0) is 6.54 Å². The molecule has 2 aromatic heterocycles. The van der Waals surface area contributed by atoms with E-state index in [0.717, 1.165) is 23.8 Å². The summed E-state index contributed by atoms with van der Waals surface area (Å²) in [6.45, 7) is 6.76. The van der Waals surface area contributed by atoms with E-state index in [2.05, 4.69) is 32.1 Å². The Kier molecular flexibility index (Phi) is 4.14. The van der Waals surface area contributed by atoms with Crippen molar-refractivity contribution in [2.75, 3.05) is 11.9 Å². The number of hydrogen-bond acceptors (Lipinski definition) is 5. The molecule has 0 N–H and O–H groups in total. The molecule has 0 amide bonds. The maximum absolute atomic E-state index is 5.76. The second kappa shape index (κ2) is 6.24. The molecule has 0 radical (unpaired) electrons. The van der Waals surface area contributed by atoms with Gasteiger partial charge in [-0.25, -0.2) is 4.98 Å². The van der Waals surface area contributed by atoms with E-state index in [4.69, 9.17) is 4.74 Å².